The highest BCUT2D eigenvalue weighted by atomic mass is 32.2. The van der Waals surface area contributed by atoms with Crippen LogP contribution < -0.4 is 0 Å². The molecular weight excluding hydrogens is 529 g/mol. The van der Waals surface area contributed by atoms with E-state index in [0.717, 1.165) is 42.3 Å². The number of hydrogen-bond acceptors (Lipinski definition) is 6. The lowest BCUT2D eigenvalue weighted by Crippen LogP contribution is -2.61. The number of imidazole rings is 1. The molecule has 0 amide bonds. The highest BCUT2D eigenvalue weighted by molar-refractivity contribution is 7.99. The SMILES string of the molecule is CC12C=CC(=O)C=C1CCC1C2C(O)CC2(C)C1CC[C@]2(O)C(=O)CSc1nc2ccc(C(F)(F)F)cc2[nH]1. The fourth-order valence-electron chi connectivity index (χ4n) is 8.27. The molecule has 6 nitrogen and oxygen atoms in total. The van der Waals surface area contributed by atoms with E-state index in [1.807, 2.05) is 13.0 Å². The number of benzene rings is 1. The molecule has 4 aliphatic rings. The third kappa shape index (κ3) is 3.96. The second kappa shape index (κ2) is 8.78. The van der Waals surface area contributed by atoms with Gasteiger partial charge in [-0.05, 0) is 74.3 Å². The van der Waals surface area contributed by atoms with Gasteiger partial charge in [0.1, 0.15) is 5.60 Å². The number of H-pyrrole nitrogens is 1. The average Bonchev–Trinajstić information content (AvgIpc) is 3.40. The van der Waals surface area contributed by atoms with Gasteiger partial charge in [0.25, 0.3) is 0 Å². The Morgan fingerprint density at radius 3 is 2.77 bits per heavy atom. The number of halogens is 3. The number of aliphatic hydroxyl groups is 2. The first-order chi connectivity index (χ1) is 18.3. The second-order valence-electron chi connectivity index (χ2n) is 12.1. The monoisotopic (exact) mass is 560 g/mol. The summed E-state index contributed by atoms with van der Waals surface area (Å²) in [5.41, 5.74) is -2.00. The Labute approximate surface area is 228 Å². The van der Waals surface area contributed by atoms with Gasteiger partial charge < -0.3 is 15.2 Å². The van der Waals surface area contributed by atoms with E-state index in [9.17, 15) is 33.0 Å². The molecule has 6 rings (SSSR count). The van der Waals surface area contributed by atoms with Gasteiger partial charge in [0, 0.05) is 16.7 Å². The standard InChI is InChI=1S/C29H31F3N2O4S/c1-26-9-7-17(35)11-15(26)3-5-18-19-8-10-28(38,27(19,2)13-22(36)24(18)26)23(37)14-39-25-33-20-6-4-16(29(30,31)32)12-21(20)34-25/h4,6-7,9,11-12,18-19,22,24,36,38H,3,5,8,10,13-14H2,1-2H3,(H,33,34)/t18?,19?,22?,24?,26?,27?,28-/m0/s1. The molecular formula is C29H31F3N2O4S. The summed E-state index contributed by atoms with van der Waals surface area (Å²) >= 11 is 1.06. The van der Waals surface area contributed by atoms with E-state index in [4.69, 9.17) is 0 Å². The molecule has 0 radical (unpaired) electrons. The maximum Gasteiger partial charge on any atom is 0.416 e. The van der Waals surface area contributed by atoms with Crippen molar-refractivity contribution in [1.82, 2.24) is 9.97 Å². The van der Waals surface area contributed by atoms with Crippen LogP contribution in [0.5, 0.6) is 0 Å². The number of Topliss-reactive ketones (excluding diaryl/α,β-unsaturated/α-hetero) is 1. The lowest BCUT2D eigenvalue weighted by molar-refractivity contribution is -0.174. The van der Waals surface area contributed by atoms with Crippen molar-refractivity contribution >= 4 is 34.4 Å². The minimum Gasteiger partial charge on any atom is -0.393 e. The Balaban J connectivity index is 1.21. The van der Waals surface area contributed by atoms with Crippen LogP contribution in [0.1, 0.15) is 51.5 Å². The minimum atomic E-state index is -4.47. The Morgan fingerprint density at radius 2 is 2.03 bits per heavy atom. The minimum absolute atomic E-state index is 0.0281. The number of nitrogens with one attached hydrogen (secondary N) is 1. The summed E-state index contributed by atoms with van der Waals surface area (Å²) in [7, 11) is 0. The molecule has 2 aromatic rings. The number of rotatable bonds is 4. The molecule has 3 N–H and O–H groups in total. The number of aliphatic hydroxyl groups excluding tert-OH is 1. The first-order valence-corrected chi connectivity index (χ1v) is 14.3. The van der Waals surface area contributed by atoms with Gasteiger partial charge in [0.2, 0.25) is 0 Å². The molecule has 1 heterocycles. The number of fused-ring (bicyclic) bond motifs is 6. The van der Waals surface area contributed by atoms with Crippen LogP contribution in [0.2, 0.25) is 0 Å². The molecule has 3 fully saturated rings. The van der Waals surface area contributed by atoms with Crippen LogP contribution in [0.15, 0.2) is 47.2 Å². The van der Waals surface area contributed by atoms with Crippen molar-refractivity contribution in [2.45, 2.75) is 69.0 Å². The number of carbonyl (C=O) groups excluding carboxylic acids is 2. The quantitative estimate of drug-likeness (QED) is 0.442. The van der Waals surface area contributed by atoms with Crippen molar-refractivity contribution in [2.75, 3.05) is 5.75 Å². The van der Waals surface area contributed by atoms with Gasteiger partial charge in [-0.15, -0.1) is 0 Å². The first kappa shape index (κ1) is 26.8. The van der Waals surface area contributed by atoms with E-state index in [2.05, 4.69) is 16.9 Å². The Morgan fingerprint density at radius 1 is 1.26 bits per heavy atom. The van der Waals surface area contributed by atoms with E-state index in [-0.39, 0.29) is 47.0 Å². The molecule has 1 aromatic carbocycles. The van der Waals surface area contributed by atoms with Gasteiger partial charge in [-0.3, -0.25) is 9.59 Å². The van der Waals surface area contributed by atoms with E-state index in [1.54, 1.807) is 12.2 Å². The number of aromatic amines is 1. The summed E-state index contributed by atoms with van der Waals surface area (Å²) in [6.07, 6.45) is 2.78. The number of aromatic nitrogens is 2. The number of thioether (sulfide) groups is 1. The molecule has 6 unspecified atom stereocenters. The average molecular weight is 561 g/mol. The predicted molar refractivity (Wildman–Crippen MR) is 140 cm³/mol. The normalized spacial score (nSPS) is 37.8. The molecule has 0 spiro atoms. The molecule has 0 aliphatic heterocycles. The molecule has 4 aliphatic carbocycles. The van der Waals surface area contributed by atoms with Crippen LogP contribution in [0.4, 0.5) is 13.2 Å². The molecule has 208 valence electrons. The third-order valence-electron chi connectivity index (χ3n) is 10.2. The van der Waals surface area contributed by atoms with Crippen LogP contribution in [-0.2, 0) is 15.8 Å². The summed E-state index contributed by atoms with van der Waals surface area (Å²) in [5, 5.41) is 23.7. The number of alkyl halides is 3. The summed E-state index contributed by atoms with van der Waals surface area (Å²) in [4.78, 5) is 32.8. The number of nitrogens with zero attached hydrogens (tertiary/aromatic N) is 1. The molecule has 1 aromatic heterocycles. The van der Waals surface area contributed by atoms with Crippen molar-refractivity contribution in [3.05, 3.63) is 47.6 Å². The molecule has 3 saturated carbocycles. The molecule has 10 heteroatoms. The summed E-state index contributed by atoms with van der Waals surface area (Å²) < 4.78 is 39.2. The molecule has 7 atom stereocenters. The Hall–Kier alpha value is -2.43. The van der Waals surface area contributed by atoms with Crippen molar-refractivity contribution < 1.29 is 33.0 Å². The van der Waals surface area contributed by atoms with Gasteiger partial charge in [-0.25, -0.2) is 4.98 Å². The fourth-order valence-corrected chi connectivity index (χ4v) is 9.12. The van der Waals surface area contributed by atoms with Crippen LogP contribution in [0.3, 0.4) is 0 Å². The van der Waals surface area contributed by atoms with Crippen molar-refractivity contribution in [3.8, 4) is 0 Å². The summed E-state index contributed by atoms with van der Waals surface area (Å²) in [5.74, 6) is -0.425. The van der Waals surface area contributed by atoms with Gasteiger partial charge in [0.15, 0.2) is 16.7 Å². The number of allylic oxidation sites excluding steroid dienone is 4. The first-order valence-electron chi connectivity index (χ1n) is 13.3. The second-order valence-corrected chi connectivity index (χ2v) is 13.1. The van der Waals surface area contributed by atoms with E-state index in [1.165, 1.54) is 6.07 Å². The summed E-state index contributed by atoms with van der Waals surface area (Å²) in [6.45, 7) is 4.00. The molecule has 39 heavy (non-hydrogen) atoms. The largest absolute Gasteiger partial charge is 0.416 e. The number of hydrogen-bond donors (Lipinski definition) is 3. The maximum atomic E-state index is 13.6. The van der Waals surface area contributed by atoms with Gasteiger partial charge in [0.05, 0.1) is 28.5 Å². The zero-order valence-electron chi connectivity index (χ0n) is 21.7. The number of carbonyl (C=O) groups is 2. The predicted octanol–water partition coefficient (Wildman–Crippen LogP) is 5.25. The van der Waals surface area contributed by atoms with E-state index in [0.29, 0.717) is 23.5 Å². The highest BCUT2D eigenvalue weighted by Crippen LogP contribution is 2.67. The van der Waals surface area contributed by atoms with Gasteiger partial charge in [-0.1, -0.05) is 37.3 Å². The fraction of sp³-hybridized carbons (Fsp3) is 0.552. The highest BCUT2D eigenvalue weighted by Gasteiger charge is 2.68. The summed E-state index contributed by atoms with van der Waals surface area (Å²) in [6, 6.07) is 3.25. The third-order valence-corrected chi connectivity index (χ3v) is 11.1. The zero-order valence-corrected chi connectivity index (χ0v) is 22.5. The maximum absolute atomic E-state index is 13.6. The van der Waals surface area contributed by atoms with Crippen LogP contribution in [0.25, 0.3) is 11.0 Å². The van der Waals surface area contributed by atoms with Crippen molar-refractivity contribution in [3.63, 3.8) is 0 Å². The lowest BCUT2D eigenvalue weighted by atomic mass is 9.46. The Bertz CT molecular complexity index is 1430. The van der Waals surface area contributed by atoms with Gasteiger partial charge in [-0.2, -0.15) is 13.2 Å². The van der Waals surface area contributed by atoms with Crippen LogP contribution >= 0.6 is 11.8 Å². The molecule has 0 bridgehead atoms. The van der Waals surface area contributed by atoms with E-state index < -0.39 is 34.3 Å². The molecule has 0 saturated heterocycles. The van der Waals surface area contributed by atoms with Crippen molar-refractivity contribution in [2.24, 2.45) is 28.6 Å². The van der Waals surface area contributed by atoms with E-state index >= 15 is 0 Å². The lowest BCUT2D eigenvalue weighted by Gasteiger charge is -2.59. The van der Waals surface area contributed by atoms with Gasteiger partial charge >= 0.3 is 6.18 Å². The van der Waals surface area contributed by atoms with Crippen LogP contribution in [-0.4, -0.2) is 49.2 Å². The van der Waals surface area contributed by atoms with Crippen molar-refractivity contribution in [1.29, 1.82) is 0 Å². The Kier molecular flexibility index (Phi) is 6.03. The zero-order chi connectivity index (χ0) is 28.0. The topological polar surface area (TPSA) is 103 Å². The van der Waals surface area contributed by atoms with Crippen LogP contribution in [0, 0.1) is 28.6 Å². The smallest absolute Gasteiger partial charge is 0.393 e. The number of ketones is 2.